The number of carbonyl (C=O) groups excluding carboxylic acids is 1. The second-order valence-electron chi connectivity index (χ2n) is 6.70. The molecule has 1 saturated heterocycles. The molecule has 0 aliphatic carbocycles. The minimum atomic E-state index is 0.210. The van der Waals surface area contributed by atoms with Crippen LogP contribution in [-0.2, 0) is 24.8 Å². The van der Waals surface area contributed by atoms with Gasteiger partial charge in [0.05, 0.1) is 18.4 Å². The lowest BCUT2D eigenvalue weighted by atomic mass is 10.1. The van der Waals surface area contributed by atoms with Crippen molar-refractivity contribution < 1.29 is 4.79 Å². The van der Waals surface area contributed by atoms with E-state index in [-0.39, 0.29) is 5.91 Å². The normalized spacial score (nSPS) is 17.9. The number of aryl methyl sites for hydroxylation is 2. The van der Waals surface area contributed by atoms with E-state index >= 15 is 0 Å². The first-order chi connectivity index (χ1) is 12.2. The van der Waals surface area contributed by atoms with E-state index in [1.807, 2.05) is 42.5 Å². The summed E-state index contributed by atoms with van der Waals surface area (Å²) in [5, 5.41) is 7.61. The Balaban J connectivity index is 1.68. The predicted molar refractivity (Wildman–Crippen MR) is 96.8 cm³/mol. The van der Waals surface area contributed by atoms with Crippen LogP contribution in [0.1, 0.15) is 36.9 Å². The van der Waals surface area contributed by atoms with Gasteiger partial charge in [0.2, 0.25) is 5.91 Å². The Kier molecular flexibility index (Phi) is 6.17. The number of pyridine rings is 1. The quantitative estimate of drug-likeness (QED) is 0.872. The molecular formula is C19H27N5O. The first kappa shape index (κ1) is 17.6. The minimum absolute atomic E-state index is 0.210. The highest BCUT2D eigenvalue weighted by Gasteiger charge is 2.25. The average Bonchev–Trinajstić information content (AvgIpc) is 2.87. The van der Waals surface area contributed by atoms with Crippen molar-refractivity contribution in [1.29, 1.82) is 0 Å². The number of nitrogens with one attached hydrogen (secondary N) is 1. The van der Waals surface area contributed by atoms with E-state index < -0.39 is 0 Å². The van der Waals surface area contributed by atoms with Crippen LogP contribution in [0.15, 0.2) is 36.8 Å². The first-order valence-corrected chi connectivity index (χ1v) is 9.10. The summed E-state index contributed by atoms with van der Waals surface area (Å²) in [4.78, 5) is 19.5. The van der Waals surface area contributed by atoms with Crippen molar-refractivity contribution in [2.45, 2.75) is 44.7 Å². The van der Waals surface area contributed by atoms with E-state index in [0.717, 1.165) is 50.0 Å². The third-order valence-corrected chi connectivity index (χ3v) is 4.75. The molecule has 0 spiro atoms. The molecule has 0 unspecified atom stereocenters. The lowest BCUT2D eigenvalue weighted by Crippen LogP contribution is -2.40. The number of aromatic nitrogens is 3. The van der Waals surface area contributed by atoms with Gasteiger partial charge in [-0.25, -0.2) is 0 Å². The molecule has 3 rings (SSSR count). The van der Waals surface area contributed by atoms with Crippen LogP contribution < -0.4 is 5.32 Å². The molecule has 1 amide bonds. The summed E-state index contributed by atoms with van der Waals surface area (Å²) in [5.41, 5.74) is 2.06. The molecule has 0 radical (unpaired) electrons. The van der Waals surface area contributed by atoms with Gasteiger partial charge in [0.1, 0.15) is 0 Å². The summed E-state index contributed by atoms with van der Waals surface area (Å²) in [5.74, 6) is 0.210. The molecule has 1 atom stereocenters. The molecule has 134 valence electrons. The third-order valence-electron chi connectivity index (χ3n) is 4.75. The van der Waals surface area contributed by atoms with E-state index in [1.54, 1.807) is 10.9 Å². The van der Waals surface area contributed by atoms with E-state index in [9.17, 15) is 4.79 Å². The van der Waals surface area contributed by atoms with E-state index in [2.05, 4.69) is 15.4 Å². The maximum Gasteiger partial charge on any atom is 0.223 e. The highest BCUT2D eigenvalue weighted by Crippen LogP contribution is 2.18. The van der Waals surface area contributed by atoms with Crippen LogP contribution in [0.25, 0.3) is 0 Å². The van der Waals surface area contributed by atoms with Crippen LogP contribution in [0.4, 0.5) is 0 Å². The summed E-state index contributed by atoms with van der Waals surface area (Å²) < 4.78 is 1.78. The fourth-order valence-corrected chi connectivity index (χ4v) is 3.40. The summed E-state index contributed by atoms with van der Waals surface area (Å²) in [6.07, 6.45) is 10.0. The molecule has 1 aliphatic rings. The van der Waals surface area contributed by atoms with Gasteiger partial charge in [0, 0.05) is 31.9 Å². The van der Waals surface area contributed by atoms with Crippen LogP contribution in [0.3, 0.4) is 0 Å². The number of rotatable bonds is 6. The highest BCUT2D eigenvalue weighted by molar-refractivity contribution is 5.76. The van der Waals surface area contributed by atoms with Crippen molar-refractivity contribution in [2.24, 2.45) is 7.05 Å². The molecule has 1 aliphatic heterocycles. The van der Waals surface area contributed by atoms with Gasteiger partial charge < -0.3 is 10.2 Å². The number of nitrogens with zero attached hydrogens (tertiary/aromatic N) is 4. The molecule has 6 nitrogen and oxygen atoms in total. The lowest BCUT2D eigenvalue weighted by Gasteiger charge is -2.31. The molecule has 1 N–H and O–H groups in total. The zero-order valence-corrected chi connectivity index (χ0v) is 14.9. The van der Waals surface area contributed by atoms with Crippen LogP contribution in [0, 0.1) is 0 Å². The summed E-state index contributed by atoms with van der Waals surface area (Å²) >= 11 is 0. The Morgan fingerprint density at radius 2 is 2.28 bits per heavy atom. The van der Waals surface area contributed by atoms with Crippen molar-refractivity contribution in [3.63, 3.8) is 0 Å². The standard InChI is InChI=1S/C19H27N5O/c1-23-14-16(13-22-23)7-8-19(25)24(15-17-5-2-3-11-21-17)18-6-4-10-20-12-9-18/h2-3,5,11,13-14,18,20H,4,6-10,12,15H2,1H3/t18-/m0/s1. The van der Waals surface area contributed by atoms with Crippen molar-refractivity contribution in [2.75, 3.05) is 13.1 Å². The van der Waals surface area contributed by atoms with Crippen molar-refractivity contribution in [3.05, 3.63) is 48.0 Å². The van der Waals surface area contributed by atoms with Gasteiger partial charge in [0.15, 0.2) is 0 Å². The Hall–Kier alpha value is -2.21. The van der Waals surface area contributed by atoms with Gasteiger partial charge in [0.25, 0.3) is 0 Å². The Labute approximate surface area is 149 Å². The predicted octanol–water partition coefficient (Wildman–Crippen LogP) is 1.92. The lowest BCUT2D eigenvalue weighted by molar-refractivity contribution is -0.134. The molecule has 2 aromatic heterocycles. The number of hydrogen-bond donors (Lipinski definition) is 1. The maximum atomic E-state index is 13.0. The van der Waals surface area contributed by atoms with Crippen molar-refractivity contribution in [3.8, 4) is 0 Å². The first-order valence-electron chi connectivity index (χ1n) is 9.10. The molecule has 3 heterocycles. The van der Waals surface area contributed by atoms with Gasteiger partial charge >= 0.3 is 0 Å². The Morgan fingerprint density at radius 1 is 1.36 bits per heavy atom. The summed E-state index contributed by atoms with van der Waals surface area (Å²) in [6, 6.07) is 6.18. The number of amides is 1. The summed E-state index contributed by atoms with van der Waals surface area (Å²) in [6.45, 7) is 2.61. The van der Waals surface area contributed by atoms with Crippen molar-refractivity contribution in [1.82, 2.24) is 25.0 Å². The second kappa shape index (κ2) is 8.76. The van der Waals surface area contributed by atoms with Crippen LogP contribution in [0.5, 0.6) is 0 Å². The zero-order valence-electron chi connectivity index (χ0n) is 14.9. The Bertz CT molecular complexity index is 661. The van der Waals surface area contributed by atoms with Gasteiger partial charge in [-0.1, -0.05) is 6.07 Å². The zero-order chi connectivity index (χ0) is 17.5. The topological polar surface area (TPSA) is 63.1 Å². The molecule has 2 aromatic rings. The number of carbonyl (C=O) groups is 1. The second-order valence-corrected chi connectivity index (χ2v) is 6.70. The van der Waals surface area contributed by atoms with Gasteiger partial charge in [-0.2, -0.15) is 5.10 Å². The van der Waals surface area contributed by atoms with Crippen LogP contribution in [-0.4, -0.2) is 44.7 Å². The summed E-state index contributed by atoms with van der Waals surface area (Å²) in [7, 11) is 1.90. The molecule has 0 bridgehead atoms. The number of hydrogen-bond acceptors (Lipinski definition) is 4. The fraction of sp³-hybridized carbons (Fsp3) is 0.526. The monoisotopic (exact) mass is 341 g/mol. The van der Waals surface area contributed by atoms with Crippen LogP contribution >= 0.6 is 0 Å². The average molecular weight is 341 g/mol. The molecule has 0 aromatic carbocycles. The molecule has 25 heavy (non-hydrogen) atoms. The van der Waals surface area contributed by atoms with E-state index in [1.165, 1.54) is 0 Å². The van der Waals surface area contributed by atoms with Gasteiger partial charge in [-0.05, 0) is 56.5 Å². The molecule has 0 saturated carbocycles. The highest BCUT2D eigenvalue weighted by atomic mass is 16.2. The van der Waals surface area contributed by atoms with Crippen LogP contribution in [0.2, 0.25) is 0 Å². The van der Waals surface area contributed by atoms with Crippen molar-refractivity contribution >= 4 is 5.91 Å². The molecule has 1 fully saturated rings. The molecular weight excluding hydrogens is 314 g/mol. The maximum absolute atomic E-state index is 13.0. The Morgan fingerprint density at radius 3 is 3.04 bits per heavy atom. The minimum Gasteiger partial charge on any atom is -0.334 e. The third kappa shape index (κ3) is 5.13. The smallest absolute Gasteiger partial charge is 0.223 e. The van der Waals surface area contributed by atoms with Gasteiger partial charge in [-0.15, -0.1) is 0 Å². The van der Waals surface area contributed by atoms with E-state index in [4.69, 9.17) is 0 Å². The largest absolute Gasteiger partial charge is 0.334 e. The SMILES string of the molecule is Cn1cc(CCC(=O)N(Cc2ccccn2)[C@H]2CCCNCC2)cn1. The fourth-order valence-electron chi connectivity index (χ4n) is 3.40. The van der Waals surface area contributed by atoms with Gasteiger partial charge in [-0.3, -0.25) is 14.5 Å². The molecule has 6 heteroatoms. The van der Waals surface area contributed by atoms with E-state index in [0.29, 0.717) is 19.0 Å².